The molecule has 0 unspecified atom stereocenters. The lowest BCUT2D eigenvalue weighted by atomic mass is 9.92. The Balaban J connectivity index is 1.80. The van der Waals surface area contributed by atoms with E-state index in [1.807, 2.05) is 0 Å². The molecule has 1 nitrogen and oxygen atoms in total. The van der Waals surface area contributed by atoms with Gasteiger partial charge in [-0.3, -0.25) is 0 Å². The molecule has 0 saturated carbocycles. The number of benzene rings is 6. The fourth-order valence-corrected chi connectivity index (χ4v) is 5.61. The predicted octanol–water partition coefficient (Wildman–Crippen LogP) is 8.44. The maximum atomic E-state index is 3.76. The van der Waals surface area contributed by atoms with Crippen LogP contribution >= 0.6 is 15.9 Å². The van der Waals surface area contributed by atoms with Crippen molar-refractivity contribution in [2.45, 2.75) is 0 Å². The summed E-state index contributed by atoms with van der Waals surface area (Å²) in [6.07, 6.45) is 0. The minimum absolute atomic E-state index is 1.15. The lowest BCUT2D eigenvalue weighted by Crippen LogP contribution is -1.93. The molecule has 0 saturated heterocycles. The highest BCUT2D eigenvalue weighted by Crippen LogP contribution is 2.44. The van der Waals surface area contributed by atoms with E-state index in [2.05, 4.69) is 118 Å². The molecule has 1 heterocycles. The minimum atomic E-state index is 1.15. The van der Waals surface area contributed by atoms with Crippen molar-refractivity contribution in [2.24, 2.45) is 0 Å². The zero-order valence-corrected chi connectivity index (χ0v) is 17.6. The van der Waals surface area contributed by atoms with Crippen LogP contribution in [0.3, 0.4) is 0 Å². The average Bonchev–Trinajstić information content (AvgIpc) is 3.13. The molecule has 7 rings (SSSR count). The zero-order valence-electron chi connectivity index (χ0n) is 16.1. The van der Waals surface area contributed by atoms with Gasteiger partial charge < -0.3 is 4.57 Å². The number of hydrogen-bond donors (Lipinski definition) is 0. The summed E-state index contributed by atoms with van der Waals surface area (Å²) >= 11 is 3.76. The van der Waals surface area contributed by atoms with Crippen LogP contribution in [0.25, 0.3) is 59.8 Å². The molecule has 1 aromatic heterocycles. The Labute approximate surface area is 181 Å². The molecule has 0 amide bonds. The Morgan fingerprint density at radius 1 is 0.500 bits per heavy atom. The van der Waals surface area contributed by atoms with Crippen LogP contribution in [0.2, 0.25) is 0 Å². The van der Waals surface area contributed by atoms with E-state index in [1.54, 1.807) is 0 Å². The topological polar surface area (TPSA) is 4.93 Å². The molecule has 7 aromatic rings. The van der Waals surface area contributed by atoms with Gasteiger partial charge >= 0.3 is 0 Å². The van der Waals surface area contributed by atoms with E-state index in [0.717, 1.165) is 4.47 Å². The van der Waals surface area contributed by atoms with E-state index in [0.29, 0.717) is 0 Å². The van der Waals surface area contributed by atoms with Crippen molar-refractivity contribution in [3.8, 4) is 5.69 Å². The van der Waals surface area contributed by atoms with Crippen molar-refractivity contribution in [3.05, 3.63) is 102 Å². The Hall–Kier alpha value is -3.36. The molecule has 0 fully saturated rings. The van der Waals surface area contributed by atoms with Crippen LogP contribution in [0.1, 0.15) is 0 Å². The van der Waals surface area contributed by atoms with Gasteiger partial charge in [0.2, 0.25) is 0 Å². The van der Waals surface area contributed by atoms with Crippen LogP contribution in [0, 0.1) is 0 Å². The average molecular weight is 446 g/mol. The van der Waals surface area contributed by atoms with E-state index in [-0.39, 0.29) is 0 Å². The van der Waals surface area contributed by atoms with E-state index >= 15 is 0 Å². The third kappa shape index (κ3) is 2.02. The monoisotopic (exact) mass is 445 g/mol. The lowest BCUT2D eigenvalue weighted by molar-refractivity contribution is 1.18. The molecule has 2 heteroatoms. The maximum Gasteiger partial charge on any atom is 0.0553 e. The smallest absolute Gasteiger partial charge is 0.0553 e. The second kappa shape index (κ2) is 5.84. The molecule has 6 aromatic carbocycles. The summed E-state index contributed by atoms with van der Waals surface area (Å²) in [4.78, 5) is 0. The molecule has 0 N–H and O–H groups in total. The second-order valence-electron chi connectivity index (χ2n) is 7.93. The third-order valence-electron chi connectivity index (χ3n) is 6.38. The molecule has 140 valence electrons. The number of hydrogen-bond acceptors (Lipinski definition) is 0. The van der Waals surface area contributed by atoms with E-state index in [1.165, 1.54) is 59.8 Å². The first kappa shape index (κ1) is 16.4. The summed E-state index contributed by atoms with van der Waals surface area (Å²) in [7, 11) is 0. The summed E-state index contributed by atoms with van der Waals surface area (Å²) in [6, 6.07) is 35.2. The molecule has 0 aliphatic heterocycles. The standard InChI is InChI=1S/C28H16BrN/c29-23-15-12-17-10-11-18-16-25-28(22-14-13-20(23)26(17)27(18)22)21-8-4-5-9-24(21)30(25)19-6-2-1-3-7-19/h1-16H. The van der Waals surface area contributed by atoms with Gasteiger partial charge in [-0.1, -0.05) is 82.7 Å². The summed E-state index contributed by atoms with van der Waals surface area (Å²) < 4.78 is 3.55. The largest absolute Gasteiger partial charge is 0.309 e. The van der Waals surface area contributed by atoms with Crippen molar-refractivity contribution in [2.75, 3.05) is 0 Å². The van der Waals surface area contributed by atoms with Crippen molar-refractivity contribution in [3.63, 3.8) is 0 Å². The number of halogens is 1. The SMILES string of the molecule is Brc1ccc2ccc3cc4c(c5ccc1c2c35)c1ccccc1n4-c1ccccc1. The summed E-state index contributed by atoms with van der Waals surface area (Å²) in [5, 5.41) is 10.5. The Morgan fingerprint density at radius 3 is 2.10 bits per heavy atom. The van der Waals surface area contributed by atoms with Crippen molar-refractivity contribution < 1.29 is 0 Å². The summed E-state index contributed by atoms with van der Waals surface area (Å²) in [5.74, 6) is 0. The quantitative estimate of drug-likeness (QED) is 0.223. The Bertz CT molecular complexity index is 1740. The van der Waals surface area contributed by atoms with Crippen molar-refractivity contribution in [1.29, 1.82) is 0 Å². The molecule has 0 bridgehead atoms. The fraction of sp³-hybridized carbons (Fsp3) is 0. The van der Waals surface area contributed by atoms with Crippen LogP contribution < -0.4 is 0 Å². The number of rotatable bonds is 1. The number of para-hydroxylation sites is 2. The van der Waals surface area contributed by atoms with Gasteiger partial charge in [-0.2, -0.15) is 0 Å². The van der Waals surface area contributed by atoms with Crippen LogP contribution in [0.15, 0.2) is 102 Å². The van der Waals surface area contributed by atoms with Crippen molar-refractivity contribution >= 4 is 70.1 Å². The number of fused-ring (bicyclic) bond motifs is 4. The highest BCUT2D eigenvalue weighted by atomic mass is 79.9. The van der Waals surface area contributed by atoms with Gasteiger partial charge in [0.15, 0.2) is 0 Å². The van der Waals surface area contributed by atoms with E-state index < -0.39 is 0 Å². The summed E-state index contributed by atoms with van der Waals surface area (Å²) in [5.41, 5.74) is 3.70. The highest BCUT2D eigenvalue weighted by molar-refractivity contribution is 9.10. The predicted molar refractivity (Wildman–Crippen MR) is 132 cm³/mol. The maximum absolute atomic E-state index is 3.76. The molecule has 30 heavy (non-hydrogen) atoms. The van der Waals surface area contributed by atoms with Crippen molar-refractivity contribution in [1.82, 2.24) is 4.57 Å². The molecule has 0 aliphatic rings. The van der Waals surface area contributed by atoms with Gasteiger partial charge in [-0.15, -0.1) is 0 Å². The number of nitrogens with zero attached hydrogens (tertiary/aromatic N) is 1. The van der Waals surface area contributed by atoms with Gasteiger partial charge in [0.1, 0.15) is 0 Å². The lowest BCUT2D eigenvalue weighted by Gasteiger charge is -2.14. The molecule has 0 spiro atoms. The first-order valence-corrected chi connectivity index (χ1v) is 11.0. The van der Waals surface area contributed by atoms with Gasteiger partial charge in [0, 0.05) is 20.9 Å². The van der Waals surface area contributed by atoms with Crippen LogP contribution in [-0.4, -0.2) is 4.57 Å². The third-order valence-corrected chi connectivity index (χ3v) is 7.07. The molecular weight excluding hydrogens is 430 g/mol. The van der Waals surface area contributed by atoms with Gasteiger partial charge in [0.25, 0.3) is 0 Å². The van der Waals surface area contributed by atoms with Gasteiger partial charge in [-0.25, -0.2) is 0 Å². The molecular formula is C28H16BrN. The fourth-order valence-electron chi connectivity index (χ4n) is 5.15. The van der Waals surface area contributed by atoms with Crippen LogP contribution in [0.5, 0.6) is 0 Å². The highest BCUT2D eigenvalue weighted by Gasteiger charge is 2.18. The van der Waals surface area contributed by atoms with Gasteiger partial charge in [0.05, 0.1) is 11.0 Å². The number of aromatic nitrogens is 1. The summed E-state index contributed by atoms with van der Waals surface area (Å²) in [6.45, 7) is 0. The normalized spacial score (nSPS) is 12.2. The first-order valence-electron chi connectivity index (χ1n) is 10.2. The minimum Gasteiger partial charge on any atom is -0.309 e. The van der Waals surface area contributed by atoms with Gasteiger partial charge in [-0.05, 0) is 62.6 Å². The molecule has 0 radical (unpaired) electrons. The zero-order chi connectivity index (χ0) is 19.8. The molecule has 0 aliphatic carbocycles. The molecule has 0 atom stereocenters. The second-order valence-corrected chi connectivity index (χ2v) is 8.78. The Kier molecular flexibility index (Phi) is 3.20. The van der Waals surface area contributed by atoms with E-state index in [9.17, 15) is 0 Å². The Morgan fingerprint density at radius 2 is 1.20 bits per heavy atom. The van der Waals surface area contributed by atoms with Crippen LogP contribution in [-0.2, 0) is 0 Å². The first-order chi connectivity index (χ1) is 14.8. The van der Waals surface area contributed by atoms with Crippen LogP contribution in [0.4, 0.5) is 0 Å². The van der Waals surface area contributed by atoms with E-state index in [4.69, 9.17) is 0 Å².